The minimum atomic E-state index is -0.756. The number of carboxylic acid groups (broad SMARTS) is 1. The zero-order chi connectivity index (χ0) is 9.68. The molecule has 0 amide bonds. The maximum atomic E-state index is 10.7. The third-order valence-electron chi connectivity index (χ3n) is 2.54. The van der Waals surface area contributed by atoms with Crippen molar-refractivity contribution in [2.75, 3.05) is 26.7 Å². The van der Waals surface area contributed by atoms with Crippen LogP contribution in [0, 0.1) is 0 Å². The molecule has 76 valence electrons. The summed E-state index contributed by atoms with van der Waals surface area (Å²) in [6.07, 6.45) is 3.69. The van der Waals surface area contributed by atoms with Crippen LogP contribution < -0.4 is 5.32 Å². The van der Waals surface area contributed by atoms with Gasteiger partial charge in [-0.15, -0.1) is 0 Å². The first-order valence-electron chi connectivity index (χ1n) is 4.86. The molecule has 0 spiro atoms. The zero-order valence-electron chi connectivity index (χ0n) is 8.12. The van der Waals surface area contributed by atoms with Crippen LogP contribution >= 0.6 is 0 Å². The highest BCUT2D eigenvalue weighted by Crippen LogP contribution is 2.08. The van der Waals surface area contributed by atoms with Gasteiger partial charge in [0, 0.05) is 6.54 Å². The van der Waals surface area contributed by atoms with Crippen molar-refractivity contribution in [2.45, 2.75) is 25.3 Å². The number of aliphatic carboxylic acids is 1. The first kappa shape index (κ1) is 10.5. The number of likely N-dealkylation sites (N-methyl/N-ethyl adjacent to an activating group) is 1. The van der Waals surface area contributed by atoms with E-state index in [1.54, 1.807) is 7.05 Å². The number of hydrogen-bond donors (Lipinski definition) is 2. The van der Waals surface area contributed by atoms with Gasteiger partial charge >= 0.3 is 5.97 Å². The van der Waals surface area contributed by atoms with Crippen LogP contribution in [0.1, 0.15) is 19.3 Å². The number of carbonyl (C=O) groups is 1. The van der Waals surface area contributed by atoms with Crippen LogP contribution in [0.3, 0.4) is 0 Å². The molecule has 2 N–H and O–H groups in total. The molecule has 1 saturated heterocycles. The van der Waals surface area contributed by atoms with Gasteiger partial charge in [-0.2, -0.15) is 0 Å². The summed E-state index contributed by atoms with van der Waals surface area (Å²) in [7, 11) is 1.70. The van der Waals surface area contributed by atoms with Gasteiger partial charge in [0.15, 0.2) is 0 Å². The number of carboxylic acids is 1. The molecule has 0 aliphatic carbocycles. The van der Waals surface area contributed by atoms with E-state index in [1.165, 1.54) is 19.3 Å². The van der Waals surface area contributed by atoms with Crippen molar-refractivity contribution in [3.63, 3.8) is 0 Å². The highest BCUT2D eigenvalue weighted by molar-refractivity contribution is 5.73. The van der Waals surface area contributed by atoms with E-state index in [2.05, 4.69) is 10.2 Å². The van der Waals surface area contributed by atoms with E-state index in [-0.39, 0.29) is 0 Å². The van der Waals surface area contributed by atoms with Crippen molar-refractivity contribution < 1.29 is 9.90 Å². The molecule has 1 aliphatic heterocycles. The Morgan fingerprint density at radius 3 is 2.54 bits per heavy atom. The van der Waals surface area contributed by atoms with Gasteiger partial charge in [-0.25, -0.2) is 0 Å². The molecule has 1 aliphatic rings. The van der Waals surface area contributed by atoms with Crippen LogP contribution in [-0.2, 0) is 4.79 Å². The van der Waals surface area contributed by atoms with Crippen molar-refractivity contribution in [1.82, 2.24) is 10.2 Å². The van der Waals surface area contributed by atoms with E-state index in [4.69, 9.17) is 5.11 Å². The molecule has 4 nitrogen and oxygen atoms in total. The molecule has 0 aromatic heterocycles. The standard InChI is InChI=1S/C9H18N2O2/c1-10-8(9(12)13)7-11-5-3-2-4-6-11/h8,10H,2-7H2,1H3,(H,12,13)/t8-/m1/s1. The third-order valence-corrected chi connectivity index (χ3v) is 2.54. The first-order chi connectivity index (χ1) is 6.24. The topological polar surface area (TPSA) is 52.6 Å². The predicted molar refractivity (Wildman–Crippen MR) is 50.8 cm³/mol. The second-order valence-electron chi connectivity index (χ2n) is 3.54. The smallest absolute Gasteiger partial charge is 0.322 e. The molecule has 0 aromatic carbocycles. The maximum absolute atomic E-state index is 10.7. The Hall–Kier alpha value is -0.610. The van der Waals surface area contributed by atoms with Crippen molar-refractivity contribution in [2.24, 2.45) is 0 Å². The molecule has 1 fully saturated rings. The molecule has 13 heavy (non-hydrogen) atoms. The molecule has 0 aromatic rings. The van der Waals surface area contributed by atoms with Gasteiger partial charge in [-0.1, -0.05) is 6.42 Å². The lowest BCUT2D eigenvalue weighted by molar-refractivity contribution is -0.139. The molecule has 0 radical (unpaired) electrons. The summed E-state index contributed by atoms with van der Waals surface area (Å²) in [5, 5.41) is 11.6. The van der Waals surface area contributed by atoms with Crippen LogP contribution in [0.2, 0.25) is 0 Å². The maximum Gasteiger partial charge on any atom is 0.322 e. The molecule has 0 unspecified atom stereocenters. The van der Waals surface area contributed by atoms with Crippen LogP contribution in [-0.4, -0.2) is 48.7 Å². The molecule has 1 atom stereocenters. The summed E-state index contributed by atoms with van der Waals surface area (Å²) in [5.74, 6) is -0.756. The van der Waals surface area contributed by atoms with E-state index in [9.17, 15) is 4.79 Å². The Bertz CT molecular complexity index is 167. The van der Waals surface area contributed by atoms with Crippen LogP contribution in [0.4, 0.5) is 0 Å². The van der Waals surface area contributed by atoms with Gasteiger partial charge < -0.3 is 15.3 Å². The third kappa shape index (κ3) is 3.32. The summed E-state index contributed by atoms with van der Waals surface area (Å²) in [6.45, 7) is 2.72. The Balaban J connectivity index is 2.31. The monoisotopic (exact) mass is 186 g/mol. The minimum absolute atomic E-state index is 0.418. The summed E-state index contributed by atoms with van der Waals surface area (Å²) in [5.41, 5.74) is 0. The fourth-order valence-electron chi connectivity index (χ4n) is 1.69. The first-order valence-corrected chi connectivity index (χ1v) is 4.86. The summed E-state index contributed by atoms with van der Waals surface area (Å²) < 4.78 is 0. The lowest BCUT2D eigenvalue weighted by Gasteiger charge is -2.28. The summed E-state index contributed by atoms with van der Waals surface area (Å²) in [4.78, 5) is 12.9. The molecular weight excluding hydrogens is 168 g/mol. The highest BCUT2D eigenvalue weighted by Gasteiger charge is 2.19. The van der Waals surface area contributed by atoms with Gasteiger partial charge in [0.2, 0.25) is 0 Å². The number of likely N-dealkylation sites (tertiary alicyclic amines) is 1. The lowest BCUT2D eigenvalue weighted by Crippen LogP contribution is -2.46. The quantitative estimate of drug-likeness (QED) is 0.656. The van der Waals surface area contributed by atoms with Gasteiger partial charge in [0.05, 0.1) is 0 Å². The second-order valence-corrected chi connectivity index (χ2v) is 3.54. The van der Waals surface area contributed by atoms with Crippen molar-refractivity contribution in [3.05, 3.63) is 0 Å². The molecule has 4 heteroatoms. The lowest BCUT2D eigenvalue weighted by atomic mass is 10.1. The molecule has 0 bridgehead atoms. The molecule has 1 rings (SSSR count). The van der Waals surface area contributed by atoms with Crippen molar-refractivity contribution >= 4 is 5.97 Å². The van der Waals surface area contributed by atoms with Gasteiger partial charge in [0.25, 0.3) is 0 Å². The van der Waals surface area contributed by atoms with E-state index in [0.717, 1.165) is 13.1 Å². The van der Waals surface area contributed by atoms with Crippen molar-refractivity contribution in [1.29, 1.82) is 0 Å². The van der Waals surface area contributed by atoms with E-state index in [0.29, 0.717) is 6.54 Å². The second kappa shape index (κ2) is 5.19. The minimum Gasteiger partial charge on any atom is -0.480 e. The van der Waals surface area contributed by atoms with E-state index < -0.39 is 12.0 Å². The number of piperidine rings is 1. The summed E-state index contributed by atoms with van der Waals surface area (Å²) in [6, 6.07) is -0.418. The number of nitrogens with one attached hydrogen (secondary N) is 1. The largest absolute Gasteiger partial charge is 0.480 e. The van der Waals surface area contributed by atoms with Crippen LogP contribution in [0.5, 0.6) is 0 Å². The number of nitrogens with zero attached hydrogens (tertiary/aromatic N) is 1. The SMILES string of the molecule is CN[C@H](CN1CCCCC1)C(=O)O. The average molecular weight is 186 g/mol. The molecule has 0 saturated carbocycles. The highest BCUT2D eigenvalue weighted by atomic mass is 16.4. The van der Waals surface area contributed by atoms with E-state index >= 15 is 0 Å². The Morgan fingerprint density at radius 1 is 1.46 bits per heavy atom. The molecular formula is C9H18N2O2. The Kier molecular flexibility index (Phi) is 4.18. The predicted octanol–water partition coefficient (Wildman–Crippen LogP) is 0.145. The van der Waals surface area contributed by atoms with Gasteiger partial charge in [-0.3, -0.25) is 4.79 Å². The zero-order valence-corrected chi connectivity index (χ0v) is 8.12. The average Bonchev–Trinajstić information content (AvgIpc) is 2.15. The van der Waals surface area contributed by atoms with E-state index in [1.807, 2.05) is 0 Å². The van der Waals surface area contributed by atoms with Gasteiger partial charge in [0.1, 0.15) is 6.04 Å². The van der Waals surface area contributed by atoms with Crippen molar-refractivity contribution in [3.8, 4) is 0 Å². The number of hydrogen-bond acceptors (Lipinski definition) is 3. The van der Waals surface area contributed by atoms with Crippen LogP contribution in [0.15, 0.2) is 0 Å². The van der Waals surface area contributed by atoms with Gasteiger partial charge in [-0.05, 0) is 33.0 Å². The van der Waals surface area contributed by atoms with Crippen LogP contribution in [0.25, 0.3) is 0 Å². The Labute approximate surface area is 78.9 Å². The normalized spacial score (nSPS) is 21.3. The fraction of sp³-hybridized carbons (Fsp3) is 0.889. The number of rotatable bonds is 4. The Morgan fingerprint density at radius 2 is 2.08 bits per heavy atom. The fourth-order valence-corrected chi connectivity index (χ4v) is 1.69. The molecule has 1 heterocycles. The summed E-state index contributed by atoms with van der Waals surface area (Å²) >= 11 is 0.